The molecule has 0 bridgehead atoms. The van der Waals surface area contributed by atoms with E-state index < -0.39 is 15.9 Å². The quantitative estimate of drug-likeness (QED) is 0.536. The number of methoxy groups -OCH3 is 1. The first-order valence-electron chi connectivity index (χ1n) is 8.63. The number of carbonyl (C=O) groups excluding carboxylic acids is 1. The summed E-state index contributed by atoms with van der Waals surface area (Å²) in [5.74, 6) is 0.0684. The van der Waals surface area contributed by atoms with Gasteiger partial charge in [0.2, 0.25) is 0 Å². The van der Waals surface area contributed by atoms with Gasteiger partial charge in [0.25, 0.3) is 15.9 Å². The number of aryl methyl sites for hydroxylation is 1. The summed E-state index contributed by atoms with van der Waals surface area (Å²) in [5, 5.41) is 2.74. The van der Waals surface area contributed by atoms with Crippen LogP contribution in [0.4, 0.5) is 11.4 Å². The van der Waals surface area contributed by atoms with Crippen molar-refractivity contribution in [3.05, 3.63) is 82.3 Å². The number of sulfonamides is 1. The maximum absolute atomic E-state index is 12.8. The van der Waals surface area contributed by atoms with Crippen molar-refractivity contribution in [2.24, 2.45) is 0 Å². The second-order valence-electron chi connectivity index (χ2n) is 6.27. The molecule has 150 valence electrons. The van der Waals surface area contributed by atoms with Gasteiger partial charge in [0, 0.05) is 10.0 Å². The maximum Gasteiger partial charge on any atom is 0.261 e. The number of benzene rings is 3. The second-order valence-corrected chi connectivity index (χ2v) is 8.81. The highest BCUT2D eigenvalue weighted by Gasteiger charge is 2.18. The summed E-state index contributed by atoms with van der Waals surface area (Å²) in [4.78, 5) is 12.6. The Balaban J connectivity index is 1.86. The molecule has 3 aromatic carbocycles. The molecule has 0 fully saturated rings. The standard InChI is InChI=1S/C21H19BrN2O4S/c1-14-10-11-17(22)19(12-14)24-29(26,27)16-7-5-6-15(13-16)21(25)23-18-8-3-4-9-20(18)28-2/h3-13,24H,1-2H3,(H,23,25). The molecule has 0 aliphatic carbocycles. The van der Waals surface area contributed by atoms with E-state index in [1.807, 2.05) is 13.0 Å². The summed E-state index contributed by atoms with van der Waals surface area (Å²) in [6, 6.07) is 18.2. The van der Waals surface area contributed by atoms with E-state index in [9.17, 15) is 13.2 Å². The average Bonchev–Trinajstić information content (AvgIpc) is 2.71. The minimum atomic E-state index is -3.88. The molecular formula is C21H19BrN2O4S. The molecule has 0 aliphatic rings. The molecule has 0 radical (unpaired) electrons. The fourth-order valence-electron chi connectivity index (χ4n) is 2.67. The van der Waals surface area contributed by atoms with Crippen molar-refractivity contribution in [3.8, 4) is 5.75 Å². The molecule has 0 saturated heterocycles. The van der Waals surface area contributed by atoms with Crippen molar-refractivity contribution in [2.75, 3.05) is 17.1 Å². The van der Waals surface area contributed by atoms with Gasteiger partial charge in [-0.05, 0) is 70.9 Å². The highest BCUT2D eigenvalue weighted by molar-refractivity contribution is 9.10. The summed E-state index contributed by atoms with van der Waals surface area (Å²) in [6.07, 6.45) is 0. The summed E-state index contributed by atoms with van der Waals surface area (Å²) in [5.41, 5.74) is 2.04. The SMILES string of the molecule is COc1ccccc1NC(=O)c1cccc(S(=O)(=O)Nc2cc(C)ccc2Br)c1. The first-order valence-corrected chi connectivity index (χ1v) is 10.9. The van der Waals surface area contributed by atoms with Crippen molar-refractivity contribution in [1.29, 1.82) is 0 Å². The van der Waals surface area contributed by atoms with Crippen LogP contribution < -0.4 is 14.8 Å². The van der Waals surface area contributed by atoms with Gasteiger partial charge >= 0.3 is 0 Å². The smallest absolute Gasteiger partial charge is 0.261 e. The highest BCUT2D eigenvalue weighted by Crippen LogP contribution is 2.27. The Kier molecular flexibility index (Phi) is 6.24. The van der Waals surface area contributed by atoms with E-state index in [0.717, 1.165) is 5.56 Å². The fourth-order valence-corrected chi connectivity index (χ4v) is 4.26. The van der Waals surface area contributed by atoms with E-state index in [-0.39, 0.29) is 10.5 Å². The van der Waals surface area contributed by atoms with Gasteiger partial charge in [0.05, 0.1) is 23.4 Å². The third-order valence-electron chi connectivity index (χ3n) is 4.13. The Hall–Kier alpha value is -2.84. The normalized spacial score (nSPS) is 11.0. The molecule has 8 heteroatoms. The van der Waals surface area contributed by atoms with Gasteiger partial charge in [0.15, 0.2) is 0 Å². The second kappa shape index (κ2) is 8.67. The monoisotopic (exact) mass is 474 g/mol. The van der Waals surface area contributed by atoms with Crippen LogP contribution in [0.3, 0.4) is 0 Å². The van der Waals surface area contributed by atoms with Gasteiger partial charge in [-0.25, -0.2) is 8.42 Å². The van der Waals surface area contributed by atoms with Crippen molar-refractivity contribution >= 4 is 43.2 Å². The Morgan fingerprint density at radius 1 is 0.966 bits per heavy atom. The summed E-state index contributed by atoms with van der Waals surface area (Å²) in [6.45, 7) is 1.87. The molecular weight excluding hydrogens is 456 g/mol. The lowest BCUT2D eigenvalue weighted by Crippen LogP contribution is -2.16. The predicted molar refractivity (Wildman–Crippen MR) is 117 cm³/mol. The zero-order valence-electron chi connectivity index (χ0n) is 15.8. The van der Waals surface area contributed by atoms with Crippen LogP contribution in [0.25, 0.3) is 0 Å². The minimum Gasteiger partial charge on any atom is -0.495 e. The van der Waals surface area contributed by atoms with E-state index >= 15 is 0 Å². The average molecular weight is 475 g/mol. The van der Waals surface area contributed by atoms with Gasteiger partial charge < -0.3 is 10.1 Å². The third kappa shape index (κ3) is 4.96. The molecule has 6 nitrogen and oxygen atoms in total. The first-order chi connectivity index (χ1) is 13.8. The molecule has 3 rings (SSSR count). The molecule has 0 spiro atoms. The molecule has 0 aliphatic heterocycles. The number of halogens is 1. The molecule has 0 unspecified atom stereocenters. The van der Waals surface area contributed by atoms with E-state index in [4.69, 9.17) is 4.74 Å². The van der Waals surface area contributed by atoms with Crippen LogP contribution in [0.5, 0.6) is 5.75 Å². The first kappa shape index (κ1) is 20.9. The van der Waals surface area contributed by atoms with Crippen LogP contribution in [-0.2, 0) is 10.0 Å². The van der Waals surface area contributed by atoms with E-state index in [0.29, 0.717) is 21.6 Å². The van der Waals surface area contributed by atoms with Crippen LogP contribution in [0.2, 0.25) is 0 Å². The lowest BCUT2D eigenvalue weighted by Gasteiger charge is -2.12. The van der Waals surface area contributed by atoms with Gasteiger partial charge in [0.1, 0.15) is 5.75 Å². The van der Waals surface area contributed by atoms with Gasteiger partial charge in [-0.3, -0.25) is 9.52 Å². The van der Waals surface area contributed by atoms with Gasteiger partial charge in [-0.2, -0.15) is 0 Å². The van der Waals surface area contributed by atoms with Crippen LogP contribution in [0, 0.1) is 6.92 Å². The van der Waals surface area contributed by atoms with Gasteiger partial charge in [-0.1, -0.05) is 24.3 Å². The number of carbonyl (C=O) groups is 1. The zero-order chi connectivity index (χ0) is 21.0. The zero-order valence-corrected chi connectivity index (χ0v) is 18.2. The number of nitrogens with one attached hydrogen (secondary N) is 2. The van der Waals surface area contributed by atoms with E-state index in [1.165, 1.54) is 25.3 Å². The van der Waals surface area contributed by atoms with Gasteiger partial charge in [-0.15, -0.1) is 0 Å². The van der Waals surface area contributed by atoms with Crippen molar-refractivity contribution < 1.29 is 17.9 Å². The molecule has 29 heavy (non-hydrogen) atoms. The molecule has 2 N–H and O–H groups in total. The van der Waals surface area contributed by atoms with Crippen LogP contribution in [0.15, 0.2) is 76.1 Å². The molecule has 0 atom stereocenters. The lowest BCUT2D eigenvalue weighted by molar-refractivity contribution is 0.102. The Morgan fingerprint density at radius 3 is 2.48 bits per heavy atom. The maximum atomic E-state index is 12.8. The number of rotatable bonds is 6. The lowest BCUT2D eigenvalue weighted by atomic mass is 10.2. The molecule has 0 saturated carbocycles. The largest absolute Gasteiger partial charge is 0.495 e. The Morgan fingerprint density at radius 2 is 1.72 bits per heavy atom. The number of amides is 1. The highest BCUT2D eigenvalue weighted by atomic mass is 79.9. The van der Waals surface area contributed by atoms with Crippen LogP contribution in [-0.4, -0.2) is 21.4 Å². The summed E-state index contributed by atoms with van der Waals surface area (Å²) >= 11 is 3.34. The molecule has 3 aromatic rings. The molecule has 0 aromatic heterocycles. The number of hydrogen-bond acceptors (Lipinski definition) is 4. The number of anilines is 2. The Labute approximate surface area is 178 Å². The van der Waals surface area contributed by atoms with Crippen molar-refractivity contribution in [2.45, 2.75) is 11.8 Å². The van der Waals surface area contributed by atoms with Crippen LogP contribution in [0.1, 0.15) is 15.9 Å². The third-order valence-corrected chi connectivity index (χ3v) is 6.18. The minimum absolute atomic E-state index is 0.0152. The van der Waals surface area contributed by atoms with Crippen molar-refractivity contribution in [3.63, 3.8) is 0 Å². The predicted octanol–water partition coefficient (Wildman–Crippen LogP) is 4.82. The number of hydrogen-bond donors (Lipinski definition) is 2. The number of ether oxygens (including phenoxy) is 1. The van der Waals surface area contributed by atoms with E-state index in [2.05, 4.69) is 26.0 Å². The molecule has 0 heterocycles. The topological polar surface area (TPSA) is 84.5 Å². The van der Waals surface area contributed by atoms with E-state index in [1.54, 1.807) is 42.5 Å². The fraction of sp³-hybridized carbons (Fsp3) is 0.0952. The summed E-state index contributed by atoms with van der Waals surface area (Å²) < 4.78 is 34.0. The summed E-state index contributed by atoms with van der Waals surface area (Å²) in [7, 11) is -2.37. The van der Waals surface area contributed by atoms with Crippen molar-refractivity contribution in [1.82, 2.24) is 0 Å². The van der Waals surface area contributed by atoms with Crippen LogP contribution >= 0.6 is 15.9 Å². The Bertz CT molecular complexity index is 1160. The number of para-hydroxylation sites is 2. The molecule has 1 amide bonds.